The van der Waals surface area contributed by atoms with Gasteiger partial charge in [-0.05, 0) is 38.0 Å². The molecule has 0 bridgehead atoms. The predicted octanol–water partition coefficient (Wildman–Crippen LogP) is 2.85. The first-order valence-corrected chi connectivity index (χ1v) is 8.67. The minimum atomic E-state index is -3.10. The number of rotatable bonds is 6. The minimum Gasteiger partial charge on any atom is -0.212 e. The Morgan fingerprint density at radius 3 is 2.29 bits per heavy atom. The summed E-state index contributed by atoms with van der Waals surface area (Å²) in [6, 6.07) is 0.207. The van der Waals surface area contributed by atoms with E-state index in [2.05, 4.69) is 6.92 Å². The largest absolute Gasteiger partial charge is 0.214 e. The van der Waals surface area contributed by atoms with E-state index in [1.807, 2.05) is 0 Å². The van der Waals surface area contributed by atoms with Gasteiger partial charge in [-0.25, -0.2) is 12.7 Å². The molecule has 0 radical (unpaired) electrons. The molecule has 0 aromatic carbocycles. The fourth-order valence-electron chi connectivity index (χ4n) is 2.52. The molecule has 0 N–H and O–H groups in total. The molecule has 3 nitrogen and oxygen atoms in total. The lowest BCUT2D eigenvalue weighted by Gasteiger charge is -2.33. The van der Waals surface area contributed by atoms with Crippen molar-refractivity contribution in [2.24, 2.45) is 5.92 Å². The molecule has 0 atom stereocenters. The summed E-state index contributed by atoms with van der Waals surface area (Å²) < 4.78 is 25.6. The maximum Gasteiger partial charge on any atom is 0.214 e. The van der Waals surface area contributed by atoms with E-state index in [0.717, 1.165) is 31.6 Å². The van der Waals surface area contributed by atoms with Gasteiger partial charge in [-0.1, -0.05) is 13.3 Å². The Morgan fingerprint density at radius 2 is 1.82 bits per heavy atom. The molecule has 0 aromatic rings. The van der Waals surface area contributed by atoms with E-state index < -0.39 is 10.0 Å². The predicted molar refractivity (Wildman–Crippen MR) is 72.9 cm³/mol. The van der Waals surface area contributed by atoms with E-state index in [9.17, 15) is 8.42 Å². The van der Waals surface area contributed by atoms with Crippen molar-refractivity contribution in [3.05, 3.63) is 0 Å². The number of sulfonamides is 1. The molecule has 5 heteroatoms. The van der Waals surface area contributed by atoms with Gasteiger partial charge in [-0.3, -0.25) is 0 Å². The lowest BCUT2D eigenvalue weighted by molar-refractivity contribution is 0.233. The van der Waals surface area contributed by atoms with E-state index in [0.29, 0.717) is 12.3 Å². The Kier molecular flexibility index (Phi) is 6.24. The highest BCUT2D eigenvalue weighted by atomic mass is 35.5. The molecule has 0 saturated heterocycles. The molecular formula is C12H24ClNO2S. The highest BCUT2D eigenvalue weighted by Crippen LogP contribution is 2.30. The van der Waals surface area contributed by atoms with Crippen LogP contribution in [0.15, 0.2) is 0 Å². The third kappa shape index (κ3) is 4.42. The standard InChI is InChI=1S/C12H24ClNO2S/c1-3-11-5-7-12(8-6-11)14(2)17(15,16)10-4-9-13/h11-12H,3-10H2,1-2H3. The van der Waals surface area contributed by atoms with Crippen molar-refractivity contribution in [1.82, 2.24) is 4.31 Å². The van der Waals surface area contributed by atoms with E-state index in [1.54, 1.807) is 11.4 Å². The molecule has 0 unspecified atom stereocenters. The maximum atomic E-state index is 12.0. The van der Waals surface area contributed by atoms with Crippen LogP contribution < -0.4 is 0 Å². The van der Waals surface area contributed by atoms with Crippen molar-refractivity contribution < 1.29 is 8.42 Å². The summed E-state index contributed by atoms with van der Waals surface area (Å²) in [4.78, 5) is 0. The summed E-state index contributed by atoms with van der Waals surface area (Å²) in [5.41, 5.74) is 0. The van der Waals surface area contributed by atoms with Crippen molar-refractivity contribution in [2.75, 3.05) is 18.7 Å². The van der Waals surface area contributed by atoms with Crippen molar-refractivity contribution in [2.45, 2.75) is 51.5 Å². The second-order valence-corrected chi connectivity index (χ2v) is 7.48. The summed E-state index contributed by atoms with van der Waals surface area (Å²) in [7, 11) is -1.37. The van der Waals surface area contributed by atoms with Gasteiger partial charge in [-0.2, -0.15) is 0 Å². The lowest BCUT2D eigenvalue weighted by atomic mass is 9.85. The maximum absolute atomic E-state index is 12.0. The number of hydrogen-bond donors (Lipinski definition) is 0. The summed E-state index contributed by atoms with van der Waals surface area (Å²) in [5.74, 6) is 1.39. The summed E-state index contributed by atoms with van der Waals surface area (Å²) >= 11 is 5.55. The lowest BCUT2D eigenvalue weighted by Crippen LogP contribution is -2.40. The summed E-state index contributed by atoms with van der Waals surface area (Å²) in [6.45, 7) is 2.21. The van der Waals surface area contributed by atoms with Crippen LogP contribution >= 0.6 is 11.6 Å². The normalized spacial score (nSPS) is 26.4. The summed E-state index contributed by atoms with van der Waals surface area (Å²) in [5, 5.41) is 0. The third-order valence-corrected chi connectivity index (χ3v) is 6.13. The average Bonchev–Trinajstić information content (AvgIpc) is 2.35. The van der Waals surface area contributed by atoms with E-state index in [-0.39, 0.29) is 11.8 Å². The van der Waals surface area contributed by atoms with Crippen LogP contribution in [0.1, 0.15) is 45.4 Å². The van der Waals surface area contributed by atoms with Gasteiger partial charge in [0.1, 0.15) is 0 Å². The molecular weight excluding hydrogens is 258 g/mol. The zero-order chi connectivity index (χ0) is 12.9. The first-order valence-electron chi connectivity index (χ1n) is 6.53. The van der Waals surface area contributed by atoms with Crippen LogP contribution in [0.5, 0.6) is 0 Å². The van der Waals surface area contributed by atoms with Crippen molar-refractivity contribution in [1.29, 1.82) is 0 Å². The van der Waals surface area contributed by atoms with Gasteiger partial charge < -0.3 is 0 Å². The van der Waals surface area contributed by atoms with E-state index in [4.69, 9.17) is 11.6 Å². The fourth-order valence-corrected chi connectivity index (χ4v) is 4.28. The zero-order valence-electron chi connectivity index (χ0n) is 10.9. The zero-order valence-corrected chi connectivity index (χ0v) is 12.4. The second-order valence-electron chi connectivity index (χ2n) is 4.96. The van der Waals surface area contributed by atoms with Crippen LogP contribution in [0.3, 0.4) is 0 Å². The second kappa shape index (κ2) is 6.95. The van der Waals surface area contributed by atoms with Crippen LogP contribution in [0.25, 0.3) is 0 Å². The van der Waals surface area contributed by atoms with Crippen molar-refractivity contribution >= 4 is 21.6 Å². The van der Waals surface area contributed by atoms with Gasteiger partial charge >= 0.3 is 0 Å². The SMILES string of the molecule is CCC1CCC(N(C)S(=O)(=O)CCCCl)CC1. The van der Waals surface area contributed by atoms with Gasteiger partial charge in [0.15, 0.2) is 0 Å². The first kappa shape index (κ1) is 15.3. The Labute approximate surface area is 111 Å². The van der Waals surface area contributed by atoms with Gasteiger partial charge in [0.2, 0.25) is 10.0 Å². The van der Waals surface area contributed by atoms with Gasteiger partial charge in [0.25, 0.3) is 0 Å². The monoisotopic (exact) mass is 281 g/mol. The molecule has 1 rings (SSSR count). The molecule has 0 spiro atoms. The van der Waals surface area contributed by atoms with Crippen LogP contribution in [-0.4, -0.2) is 37.4 Å². The van der Waals surface area contributed by atoms with Crippen LogP contribution in [0, 0.1) is 5.92 Å². The van der Waals surface area contributed by atoms with Crippen LogP contribution in [-0.2, 0) is 10.0 Å². The Bertz CT molecular complexity index is 310. The molecule has 0 aliphatic heterocycles. The molecule has 0 heterocycles. The molecule has 1 fully saturated rings. The van der Waals surface area contributed by atoms with Crippen molar-refractivity contribution in [3.63, 3.8) is 0 Å². The van der Waals surface area contributed by atoms with Gasteiger partial charge in [0.05, 0.1) is 5.75 Å². The molecule has 1 aliphatic carbocycles. The molecule has 1 saturated carbocycles. The number of nitrogens with zero attached hydrogens (tertiary/aromatic N) is 1. The molecule has 0 amide bonds. The third-order valence-electron chi connectivity index (χ3n) is 3.88. The quantitative estimate of drug-likeness (QED) is 0.702. The van der Waals surface area contributed by atoms with E-state index in [1.165, 1.54) is 6.42 Å². The topological polar surface area (TPSA) is 37.4 Å². The highest BCUT2D eigenvalue weighted by molar-refractivity contribution is 7.89. The molecule has 1 aliphatic rings. The van der Waals surface area contributed by atoms with Crippen LogP contribution in [0.4, 0.5) is 0 Å². The molecule has 17 heavy (non-hydrogen) atoms. The van der Waals surface area contributed by atoms with Gasteiger partial charge in [-0.15, -0.1) is 11.6 Å². The van der Waals surface area contributed by atoms with Crippen molar-refractivity contribution in [3.8, 4) is 0 Å². The minimum absolute atomic E-state index is 0.181. The highest BCUT2D eigenvalue weighted by Gasteiger charge is 2.29. The average molecular weight is 282 g/mol. The molecule has 0 aromatic heterocycles. The summed E-state index contributed by atoms with van der Waals surface area (Å²) in [6.07, 6.45) is 6.10. The van der Waals surface area contributed by atoms with E-state index >= 15 is 0 Å². The first-order chi connectivity index (χ1) is 8.01. The fraction of sp³-hybridized carbons (Fsp3) is 1.00. The Morgan fingerprint density at radius 1 is 1.24 bits per heavy atom. The van der Waals surface area contributed by atoms with Gasteiger partial charge in [0, 0.05) is 19.0 Å². The molecule has 102 valence electrons. The number of hydrogen-bond acceptors (Lipinski definition) is 2. The Balaban J connectivity index is 2.50. The number of alkyl halides is 1. The van der Waals surface area contributed by atoms with Crippen LogP contribution in [0.2, 0.25) is 0 Å². The smallest absolute Gasteiger partial charge is 0.212 e. The Hall–Kier alpha value is 0.200. The number of halogens is 1.